The zero-order valence-corrected chi connectivity index (χ0v) is 17.5. The SMILES string of the molecule is COc1ccc(Cl)cc1C(=O)Nc1ccc(-c2cc3ccccc3oc2=O)c(OC)c1. The molecule has 1 aromatic heterocycles. The van der Waals surface area contributed by atoms with Crippen LogP contribution in [0, 0.1) is 0 Å². The molecule has 4 rings (SSSR count). The molecule has 31 heavy (non-hydrogen) atoms. The van der Waals surface area contributed by atoms with Gasteiger partial charge in [-0.05, 0) is 42.5 Å². The summed E-state index contributed by atoms with van der Waals surface area (Å²) < 4.78 is 16.1. The van der Waals surface area contributed by atoms with Crippen molar-refractivity contribution in [2.75, 3.05) is 19.5 Å². The van der Waals surface area contributed by atoms with Gasteiger partial charge in [-0.3, -0.25) is 4.79 Å². The number of fused-ring (bicyclic) bond motifs is 1. The summed E-state index contributed by atoms with van der Waals surface area (Å²) in [6.07, 6.45) is 0. The zero-order valence-electron chi connectivity index (χ0n) is 16.8. The van der Waals surface area contributed by atoms with E-state index in [0.29, 0.717) is 44.5 Å². The zero-order chi connectivity index (χ0) is 22.0. The lowest BCUT2D eigenvalue weighted by molar-refractivity contribution is 0.102. The van der Waals surface area contributed by atoms with E-state index in [1.807, 2.05) is 12.1 Å². The molecule has 156 valence electrons. The number of nitrogens with one attached hydrogen (secondary N) is 1. The number of hydrogen-bond acceptors (Lipinski definition) is 5. The van der Waals surface area contributed by atoms with E-state index in [1.54, 1.807) is 48.5 Å². The van der Waals surface area contributed by atoms with Crippen molar-refractivity contribution >= 4 is 34.2 Å². The number of carbonyl (C=O) groups is 1. The molecular formula is C24H18ClNO5. The van der Waals surface area contributed by atoms with Gasteiger partial charge in [0.1, 0.15) is 17.1 Å². The highest BCUT2D eigenvalue weighted by Crippen LogP contribution is 2.33. The summed E-state index contributed by atoms with van der Waals surface area (Å²) >= 11 is 6.02. The lowest BCUT2D eigenvalue weighted by Crippen LogP contribution is -2.13. The van der Waals surface area contributed by atoms with Crippen LogP contribution in [-0.2, 0) is 0 Å². The van der Waals surface area contributed by atoms with Crippen LogP contribution < -0.4 is 20.4 Å². The molecule has 0 aliphatic carbocycles. The van der Waals surface area contributed by atoms with Gasteiger partial charge in [-0.2, -0.15) is 0 Å². The van der Waals surface area contributed by atoms with Crippen LogP contribution in [0.25, 0.3) is 22.1 Å². The fourth-order valence-electron chi connectivity index (χ4n) is 3.30. The molecule has 0 spiro atoms. The van der Waals surface area contributed by atoms with Crippen molar-refractivity contribution < 1.29 is 18.7 Å². The van der Waals surface area contributed by atoms with E-state index < -0.39 is 5.63 Å². The summed E-state index contributed by atoms with van der Waals surface area (Å²) in [5.74, 6) is 0.428. The highest BCUT2D eigenvalue weighted by molar-refractivity contribution is 6.31. The van der Waals surface area contributed by atoms with Gasteiger partial charge in [-0.15, -0.1) is 0 Å². The molecule has 0 atom stereocenters. The number of halogens is 1. The molecule has 1 N–H and O–H groups in total. The molecule has 0 aliphatic rings. The number of methoxy groups -OCH3 is 2. The predicted molar refractivity (Wildman–Crippen MR) is 120 cm³/mol. The number of hydrogen-bond donors (Lipinski definition) is 1. The van der Waals surface area contributed by atoms with Crippen LogP contribution >= 0.6 is 11.6 Å². The van der Waals surface area contributed by atoms with Crippen LogP contribution in [0.5, 0.6) is 11.5 Å². The fourth-order valence-corrected chi connectivity index (χ4v) is 3.47. The Balaban J connectivity index is 1.70. The quantitative estimate of drug-likeness (QED) is 0.425. The molecule has 4 aromatic rings. The first-order chi connectivity index (χ1) is 15.0. The monoisotopic (exact) mass is 435 g/mol. The Labute approximate surface area is 183 Å². The first-order valence-electron chi connectivity index (χ1n) is 9.36. The van der Waals surface area contributed by atoms with Gasteiger partial charge in [0.2, 0.25) is 0 Å². The molecule has 1 amide bonds. The van der Waals surface area contributed by atoms with Crippen LogP contribution in [0.2, 0.25) is 5.02 Å². The molecule has 0 aliphatic heterocycles. The van der Waals surface area contributed by atoms with Gasteiger partial charge in [0.05, 0.1) is 25.3 Å². The number of benzene rings is 3. The smallest absolute Gasteiger partial charge is 0.344 e. The lowest BCUT2D eigenvalue weighted by Gasteiger charge is -2.13. The van der Waals surface area contributed by atoms with Crippen molar-refractivity contribution in [3.05, 3.63) is 87.7 Å². The third-order valence-corrected chi connectivity index (χ3v) is 5.03. The van der Waals surface area contributed by atoms with Crippen molar-refractivity contribution in [3.8, 4) is 22.6 Å². The predicted octanol–water partition coefficient (Wildman–Crippen LogP) is 5.38. The van der Waals surface area contributed by atoms with Crippen LogP contribution in [0.4, 0.5) is 5.69 Å². The summed E-state index contributed by atoms with van der Waals surface area (Å²) in [5, 5.41) is 4.01. The number of carbonyl (C=O) groups excluding carboxylic acids is 1. The van der Waals surface area contributed by atoms with Gasteiger partial charge in [0, 0.05) is 27.7 Å². The van der Waals surface area contributed by atoms with E-state index in [4.69, 9.17) is 25.5 Å². The molecule has 6 nitrogen and oxygen atoms in total. The average molecular weight is 436 g/mol. The van der Waals surface area contributed by atoms with Gasteiger partial charge < -0.3 is 19.2 Å². The molecule has 0 saturated carbocycles. The molecule has 0 unspecified atom stereocenters. The number of rotatable bonds is 5. The second-order valence-corrected chi connectivity index (χ2v) is 7.14. The van der Waals surface area contributed by atoms with Gasteiger partial charge >= 0.3 is 5.63 Å². The standard InChI is InChI=1S/C24H18ClNO5/c1-29-21-10-7-15(25)12-19(21)23(27)26-16-8-9-17(22(13-16)30-2)18-11-14-5-3-4-6-20(14)31-24(18)28/h3-13H,1-2H3,(H,26,27). The van der Waals surface area contributed by atoms with Gasteiger partial charge in [-0.25, -0.2) is 4.79 Å². The minimum atomic E-state index is -0.475. The Hall–Kier alpha value is -3.77. The third-order valence-electron chi connectivity index (χ3n) is 4.80. The maximum absolute atomic E-state index is 12.7. The summed E-state index contributed by atoms with van der Waals surface area (Å²) in [6, 6.07) is 18.8. The molecular weight excluding hydrogens is 418 g/mol. The summed E-state index contributed by atoms with van der Waals surface area (Å²) in [5.41, 5.74) is 1.74. The third kappa shape index (κ3) is 4.11. The van der Waals surface area contributed by atoms with Crippen LogP contribution in [0.1, 0.15) is 10.4 Å². The van der Waals surface area contributed by atoms with E-state index in [-0.39, 0.29) is 5.91 Å². The molecule has 1 heterocycles. The number of ether oxygens (including phenoxy) is 2. The topological polar surface area (TPSA) is 77.8 Å². The highest BCUT2D eigenvalue weighted by atomic mass is 35.5. The Kier molecular flexibility index (Phi) is 5.64. The van der Waals surface area contributed by atoms with Gasteiger partial charge in [0.25, 0.3) is 5.91 Å². The molecule has 0 radical (unpaired) electrons. The van der Waals surface area contributed by atoms with E-state index in [9.17, 15) is 9.59 Å². The van der Waals surface area contributed by atoms with Gasteiger partial charge in [0.15, 0.2) is 0 Å². The van der Waals surface area contributed by atoms with Crippen molar-refractivity contribution in [2.24, 2.45) is 0 Å². The normalized spacial score (nSPS) is 10.7. The number of amides is 1. The second kappa shape index (κ2) is 8.53. The first-order valence-corrected chi connectivity index (χ1v) is 9.74. The number of para-hydroxylation sites is 1. The van der Waals surface area contributed by atoms with Crippen molar-refractivity contribution in [1.29, 1.82) is 0 Å². The van der Waals surface area contributed by atoms with E-state index >= 15 is 0 Å². The minimum Gasteiger partial charge on any atom is -0.496 e. The molecule has 3 aromatic carbocycles. The summed E-state index contributed by atoms with van der Waals surface area (Å²) in [6.45, 7) is 0. The Morgan fingerprint density at radius 2 is 1.68 bits per heavy atom. The Morgan fingerprint density at radius 1 is 0.903 bits per heavy atom. The Bertz CT molecular complexity index is 1350. The van der Waals surface area contributed by atoms with Crippen LogP contribution in [0.15, 0.2) is 75.9 Å². The molecule has 0 bridgehead atoms. The Morgan fingerprint density at radius 3 is 2.45 bits per heavy atom. The van der Waals surface area contributed by atoms with Crippen molar-refractivity contribution in [2.45, 2.75) is 0 Å². The van der Waals surface area contributed by atoms with E-state index in [2.05, 4.69) is 5.32 Å². The van der Waals surface area contributed by atoms with Crippen LogP contribution in [0.3, 0.4) is 0 Å². The molecule has 7 heteroatoms. The second-order valence-electron chi connectivity index (χ2n) is 6.70. The maximum Gasteiger partial charge on any atom is 0.344 e. The number of anilines is 1. The maximum atomic E-state index is 12.7. The highest BCUT2D eigenvalue weighted by Gasteiger charge is 2.16. The largest absolute Gasteiger partial charge is 0.496 e. The lowest BCUT2D eigenvalue weighted by atomic mass is 10.0. The summed E-state index contributed by atoms with van der Waals surface area (Å²) in [7, 11) is 2.97. The molecule has 0 saturated heterocycles. The van der Waals surface area contributed by atoms with Crippen molar-refractivity contribution in [3.63, 3.8) is 0 Å². The van der Waals surface area contributed by atoms with Crippen molar-refractivity contribution in [1.82, 2.24) is 0 Å². The first kappa shape index (κ1) is 20.5. The minimum absolute atomic E-state index is 0.299. The fraction of sp³-hybridized carbons (Fsp3) is 0.0833. The van der Waals surface area contributed by atoms with Gasteiger partial charge in [-0.1, -0.05) is 29.8 Å². The van der Waals surface area contributed by atoms with Crippen LogP contribution in [-0.4, -0.2) is 20.1 Å². The molecule has 0 fully saturated rings. The van der Waals surface area contributed by atoms with E-state index in [1.165, 1.54) is 20.3 Å². The average Bonchev–Trinajstić information content (AvgIpc) is 2.78. The van der Waals surface area contributed by atoms with E-state index in [0.717, 1.165) is 5.39 Å². The summed E-state index contributed by atoms with van der Waals surface area (Å²) in [4.78, 5) is 25.3.